The fraction of sp³-hybridized carbons (Fsp3) is 0.562. The van der Waals surface area contributed by atoms with Crippen LogP contribution in [0.5, 0.6) is 0 Å². The lowest BCUT2D eigenvalue weighted by Crippen LogP contribution is -2.60. The van der Waals surface area contributed by atoms with Crippen LogP contribution in [0.4, 0.5) is 11.4 Å². The monoisotopic (exact) mass is 321 g/mol. The Morgan fingerprint density at radius 2 is 1.87 bits per heavy atom. The minimum absolute atomic E-state index is 0.0756. The van der Waals surface area contributed by atoms with E-state index in [1.165, 1.54) is 12.1 Å². The fourth-order valence-electron chi connectivity index (χ4n) is 3.59. The van der Waals surface area contributed by atoms with E-state index in [4.69, 9.17) is 0 Å². The van der Waals surface area contributed by atoms with Gasteiger partial charge in [-0.15, -0.1) is 0 Å². The zero-order valence-corrected chi connectivity index (χ0v) is 13.8. The van der Waals surface area contributed by atoms with Crippen molar-refractivity contribution in [2.75, 3.05) is 5.32 Å². The van der Waals surface area contributed by atoms with E-state index in [1.54, 1.807) is 0 Å². The van der Waals surface area contributed by atoms with Crippen molar-refractivity contribution in [3.63, 3.8) is 0 Å². The Labute approximate surface area is 135 Å². The maximum atomic E-state index is 11.4. The van der Waals surface area contributed by atoms with E-state index in [0.29, 0.717) is 5.69 Å². The van der Waals surface area contributed by atoms with Gasteiger partial charge in [-0.2, -0.15) is 0 Å². The number of carboxylic acids is 1. The number of nitro groups is 1. The zero-order chi connectivity index (χ0) is 17.4. The highest BCUT2D eigenvalue weighted by atomic mass is 16.6. The number of piperidine rings is 1. The Balaban J connectivity index is 2.29. The van der Waals surface area contributed by atoms with E-state index in [9.17, 15) is 20.0 Å². The number of nitrogens with zero attached hydrogens (tertiary/aromatic N) is 1. The smallest absolute Gasteiger partial charge is 0.338 e. The van der Waals surface area contributed by atoms with Crippen LogP contribution >= 0.6 is 0 Å². The third-order valence-corrected chi connectivity index (χ3v) is 3.99. The molecule has 1 saturated heterocycles. The molecule has 1 aromatic carbocycles. The molecule has 1 heterocycles. The number of hydrogen-bond acceptors (Lipinski definition) is 5. The Hall–Kier alpha value is -2.15. The zero-order valence-electron chi connectivity index (χ0n) is 13.8. The number of aromatic carboxylic acids is 1. The maximum absolute atomic E-state index is 11.4. The summed E-state index contributed by atoms with van der Waals surface area (Å²) < 4.78 is 0. The summed E-state index contributed by atoms with van der Waals surface area (Å²) in [5, 5.41) is 27.0. The molecule has 7 nitrogen and oxygen atoms in total. The molecule has 0 radical (unpaired) electrons. The number of nitro benzene ring substituents is 1. The van der Waals surface area contributed by atoms with Crippen LogP contribution in [-0.2, 0) is 0 Å². The van der Waals surface area contributed by atoms with E-state index in [-0.39, 0.29) is 28.4 Å². The van der Waals surface area contributed by atoms with Gasteiger partial charge in [0.25, 0.3) is 5.69 Å². The first-order chi connectivity index (χ1) is 10.5. The quantitative estimate of drug-likeness (QED) is 0.581. The maximum Gasteiger partial charge on any atom is 0.338 e. The van der Waals surface area contributed by atoms with Crippen LogP contribution in [0.2, 0.25) is 0 Å². The number of carboxylic acid groups (broad SMARTS) is 1. The summed E-state index contributed by atoms with van der Waals surface area (Å²) in [6, 6.07) is 3.98. The lowest BCUT2D eigenvalue weighted by Gasteiger charge is -2.47. The SMILES string of the molecule is CC1(C)CC(Nc2ccc([N+](=O)[O-])cc2C(=O)O)CC(C)(C)N1. The molecule has 2 rings (SSSR count). The number of nitrogens with one attached hydrogen (secondary N) is 2. The largest absolute Gasteiger partial charge is 0.478 e. The van der Waals surface area contributed by atoms with Crippen molar-refractivity contribution in [3.05, 3.63) is 33.9 Å². The summed E-state index contributed by atoms with van der Waals surface area (Å²) in [7, 11) is 0. The van der Waals surface area contributed by atoms with Crippen LogP contribution in [-0.4, -0.2) is 33.1 Å². The average Bonchev–Trinajstić information content (AvgIpc) is 2.34. The summed E-state index contributed by atoms with van der Waals surface area (Å²) in [5.74, 6) is -1.18. The molecule has 0 bridgehead atoms. The normalized spacial score (nSPS) is 20.0. The van der Waals surface area contributed by atoms with Gasteiger partial charge in [-0.25, -0.2) is 4.79 Å². The average molecular weight is 321 g/mol. The van der Waals surface area contributed by atoms with E-state index in [2.05, 4.69) is 38.3 Å². The molecule has 126 valence electrons. The second-order valence-corrected chi connectivity index (χ2v) is 7.43. The third kappa shape index (κ3) is 4.19. The fourth-order valence-corrected chi connectivity index (χ4v) is 3.59. The molecule has 1 aliphatic heterocycles. The minimum atomic E-state index is -1.18. The molecule has 1 aliphatic rings. The van der Waals surface area contributed by atoms with Gasteiger partial charge in [0.1, 0.15) is 0 Å². The van der Waals surface area contributed by atoms with Crippen molar-refractivity contribution in [3.8, 4) is 0 Å². The van der Waals surface area contributed by atoms with Gasteiger partial charge in [0.05, 0.1) is 10.5 Å². The van der Waals surface area contributed by atoms with Crippen LogP contribution < -0.4 is 10.6 Å². The second-order valence-electron chi connectivity index (χ2n) is 7.43. The van der Waals surface area contributed by atoms with Crippen LogP contribution in [0.1, 0.15) is 50.9 Å². The lowest BCUT2D eigenvalue weighted by atomic mass is 9.79. The van der Waals surface area contributed by atoms with E-state index >= 15 is 0 Å². The van der Waals surface area contributed by atoms with Crippen molar-refractivity contribution in [1.29, 1.82) is 0 Å². The molecule has 23 heavy (non-hydrogen) atoms. The molecule has 3 N–H and O–H groups in total. The van der Waals surface area contributed by atoms with Crippen molar-refractivity contribution < 1.29 is 14.8 Å². The van der Waals surface area contributed by atoms with Gasteiger partial charge in [-0.3, -0.25) is 10.1 Å². The van der Waals surface area contributed by atoms with Gasteiger partial charge in [0.2, 0.25) is 0 Å². The van der Waals surface area contributed by atoms with Gasteiger partial charge in [-0.05, 0) is 46.6 Å². The van der Waals surface area contributed by atoms with Crippen molar-refractivity contribution in [2.24, 2.45) is 0 Å². The molecular formula is C16H23N3O4. The second kappa shape index (κ2) is 5.81. The number of anilines is 1. The summed E-state index contributed by atoms with van der Waals surface area (Å²) >= 11 is 0. The molecule has 0 atom stereocenters. The number of rotatable bonds is 4. The molecule has 0 aromatic heterocycles. The molecule has 0 spiro atoms. The highest BCUT2D eigenvalue weighted by Crippen LogP contribution is 2.32. The first-order valence-electron chi connectivity index (χ1n) is 7.57. The molecule has 7 heteroatoms. The highest BCUT2D eigenvalue weighted by Gasteiger charge is 2.37. The van der Waals surface area contributed by atoms with Gasteiger partial charge in [0.15, 0.2) is 0 Å². The predicted molar refractivity (Wildman–Crippen MR) is 88.0 cm³/mol. The summed E-state index contributed by atoms with van der Waals surface area (Å²) in [5.41, 5.74) is -0.0402. The predicted octanol–water partition coefficient (Wildman–Crippen LogP) is 3.01. The van der Waals surface area contributed by atoms with E-state index in [1.807, 2.05) is 0 Å². The van der Waals surface area contributed by atoms with Crippen molar-refractivity contribution in [2.45, 2.75) is 57.7 Å². The van der Waals surface area contributed by atoms with Gasteiger partial charge >= 0.3 is 5.97 Å². The van der Waals surface area contributed by atoms with Crippen molar-refractivity contribution >= 4 is 17.3 Å². The van der Waals surface area contributed by atoms with Crippen LogP contribution in [0.15, 0.2) is 18.2 Å². The van der Waals surface area contributed by atoms with Crippen molar-refractivity contribution in [1.82, 2.24) is 5.32 Å². The Bertz CT molecular complexity index is 624. The number of hydrogen-bond donors (Lipinski definition) is 3. The highest BCUT2D eigenvalue weighted by molar-refractivity contribution is 5.95. The van der Waals surface area contributed by atoms with Gasteiger partial charge < -0.3 is 15.7 Å². The first kappa shape index (κ1) is 17.2. The Kier molecular flexibility index (Phi) is 4.34. The van der Waals surface area contributed by atoms with Gasteiger partial charge in [0, 0.05) is 34.9 Å². The molecule has 0 aliphatic carbocycles. The van der Waals surface area contributed by atoms with Crippen LogP contribution in [0.3, 0.4) is 0 Å². The Morgan fingerprint density at radius 3 is 2.35 bits per heavy atom. The standard InChI is InChI=1S/C16H23N3O4/c1-15(2)8-10(9-16(3,4)18-15)17-13-6-5-11(19(22)23)7-12(13)14(20)21/h5-7,10,17-18H,8-9H2,1-4H3,(H,20,21). The number of non-ortho nitro benzene ring substituents is 1. The van der Waals surface area contributed by atoms with Crippen LogP contribution in [0, 0.1) is 10.1 Å². The molecule has 0 saturated carbocycles. The summed E-state index contributed by atoms with van der Waals surface area (Å²) in [6.07, 6.45) is 1.65. The lowest BCUT2D eigenvalue weighted by molar-refractivity contribution is -0.384. The minimum Gasteiger partial charge on any atom is -0.478 e. The molecule has 0 unspecified atom stereocenters. The topological polar surface area (TPSA) is 105 Å². The van der Waals surface area contributed by atoms with E-state index in [0.717, 1.165) is 18.9 Å². The van der Waals surface area contributed by atoms with E-state index < -0.39 is 10.9 Å². The summed E-state index contributed by atoms with van der Waals surface area (Å²) in [4.78, 5) is 21.7. The first-order valence-corrected chi connectivity index (χ1v) is 7.57. The van der Waals surface area contributed by atoms with Crippen LogP contribution in [0.25, 0.3) is 0 Å². The van der Waals surface area contributed by atoms with Gasteiger partial charge in [-0.1, -0.05) is 0 Å². The Morgan fingerprint density at radius 1 is 1.30 bits per heavy atom. The summed E-state index contributed by atoms with van der Waals surface area (Å²) in [6.45, 7) is 8.43. The molecule has 0 amide bonds. The molecule has 1 fully saturated rings. The number of carbonyl (C=O) groups is 1. The third-order valence-electron chi connectivity index (χ3n) is 3.99. The molecule has 1 aromatic rings. The molecular weight excluding hydrogens is 298 g/mol. The number of benzene rings is 1.